The minimum atomic E-state index is -2.98. The molecule has 0 amide bonds. The second kappa shape index (κ2) is 5.02. The van der Waals surface area contributed by atoms with Crippen LogP contribution in [0.1, 0.15) is 26.7 Å². The molecular weight excluding hydrogens is 224 g/mol. The van der Waals surface area contributed by atoms with Gasteiger partial charge in [0.05, 0.1) is 11.0 Å². The fourth-order valence-electron chi connectivity index (χ4n) is 2.07. The van der Waals surface area contributed by atoms with Gasteiger partial charge in [-0.2, -0.15) is 0 Å². The zero-order valence-electron chi connectivity index (χ0n) is 10.6. The maximum atomic E-state index is 12.2. The molecule has 16 heavy (non-hydrogen) atoms. The summed E-state index contributed by atoms with van der Waals surface area (Å²) in [5.74, 6) is 0.213. The van der Waals surface area contributed by atoms with Crippen molar-refractivity contribution < 1.29 is 8.42 Å². The first kappa shape index (κ1) is 13.9. The Bertz CT molecular complexity index is 317. The van der Waals surface area contributed by atoms with Crippen LogP contribution in [0.2, 0.25) is 0 Å². The molecule has 0 spiro atoms. The lowest BCUT2D eigenvalue weighted by molar-refractivity contribution is 0.276. The first-order valence-electron chi connectivity index (χ1n) is 5.87. The highest BCUT2D eigenvalue weighted by Crippen LogP contribution is 2.24. The fourth-order valence-corrected chi connectivity index (χ4v) is 4.44. The fraction of sp³-hybridized carbons (Fsp3) is 1.00. The van der Waals surface area contributed by atoms with Gasteiger partial charge in [-0.3, -0.25) is 0 Å². The van der Waals surface area contributed by atoms with Crippen molar-refractivity contribution in [1.82, 2.24) is 4.90 Å². The topological polar surface area (TPSA) is 63.4 Å². The van der Waals surface area contributed by atoms with E-state index in [2.05, 4.69) is 4.90 Å². The average molecular weight is 248 g/mol. The largest absolute Gasteiger partial charge is 0.330 e. The normalized spacial score (nSPS) is 21.2. The molecule has 1 heterocycles. The Morgan fingerprint density at radius 3 is 2.25 bits per heavy atom. The Morgan fingerprint density at radius 1 is 1.31 bits per heavy atom. The molecule has 0 aliphatic carbocycles. The van der Waals surface area contributed by atoms with Crippen LogP contribution < -0.4 is 5.73 Å². The Hall–Kier alpha value is -0.130. The highest BCUT2D eigenvalue weighted by Gasteiger charge is 2.33. The number of hydrogen-bond donors (Lipinski definition) is 1. The molecule has 1 fully saturated rings. The number of hydrogen-bond acceptors (Lipinski definition) is 4. The van der Waals surface area contributed by atoms with Crippen LogP contribution >= 0.6 is 0 Å². The van der Waals surface area contributed by atoms with Crippen LogP contribution in [0, 0.1) is 5.41 Å². The lowest BCUT2D eigenvalue weighted by atomic mass is 9.97. The zero-order valence-corrected chi connectivity index (χ0v) is 11.4. The molecule has 0 bridgehead atoms. The van der Waals surface area contributed by atoms with Crippen molar-refractivity contribution in [2.75, 3.05) is 32.4 Å². The van der Waals surface area contributed by atoms with Crippen LogP contribution in [0.15, 0.2) is 0 Å². The lowest BCUT2D eigenvalue weighted by Crippen LogP contribution is -2.41. The second-order valence-corrected chi connectivity index (χ2v) is 7.96. The van der Waals surface area contributed by atoms with E-state index in [0.29, 0.717) is 6.54 Å². The van der Waals surface area contributed by atoms with Gasteiger partial charge in [0, 0.05) is 0 Å². The Balaban J connectivity index is 2.64. The summed E-state index contributed by atoms with van der Waals surface area (Å²) in [5, 5.41) is -0.158. The van der Waals surface area contributed by atoms with E-state index in [1.165, 1.54) is 0 Å². The van der Waals surface area contributed by atoms with E-state index in [4.69, 9.17) is 5.73 Å². The van der Waals surface area contributed by atoms with Gasteiger partial charge in [0.25, 0.3) is 0 Å². The van der Waals surface area contributed by atoms with Gasteiger partial charge in [0.2, 0.25) is 0 Å². The summed E-state index contributed by atoms with van der Waals surface area (Å²) < 4.78 is 24.4. The SMILES string of the molecule is CN1CCC(S(=O)(=O)CC(C)(C)CN)CC1. The molecule has 0 atom stereocenters. The number of nitrogens with two attached hydrogens (primary N) is 1. The third kappa shape index (κ3) is 3.71. The molecule has 96 valence electrons. The van der Waals surface area contributed by atoms with E-state index < -0.39 is 9.84 Å². The monoisotopic (exact) mass is 248 g/mol. The van der Waals surface area contributed by atoms with Gasteiger partial charge in [0.15, 0.2) is 9.84 Å². The van der Waals surface area contributed by atoms with E-state index in [0.717, 1.165) is 25.9 Å². The molecule has 0 unspecified atom stereocenters. The Kier molecular flexibility index (Phi) is 4.37. The molecular formula is C11H24N2O2S. The van der Waals surface area contributed by atoms with Crippen LogP contribution in [0.5, 0.6) is 0 Å². The predicted octanol–water partition coefficient (Wildman–Crippen LogP) is 0.480. The average Bonchev–Trinajstić information content (AvgIpc) is 2.17. The minimum Gasteiger partial charge on any atom is -0.330 e. The molecule has 2 N–H and O–H groups in total. The van der Waals surface area contributed by atoms with Gasteiger partial charge in [-0.25, -0.2) is 8.42 Å². The van der Waals surface area contributed by atoms with E-state index in [9.17, 15) is 8.42 Å². The third-order valence-corrected chi connectivity index (χ3v) is 5.99. The van der Waals surface area contributed by atoms with Gasteiger partial charge in [-0.1, -0.05) is 13.8 Å². The number of rotatable bonds is 4. The van der Waals surface area contributed by atoms with E-state index in [-0.39, 0.29) is 16.4 Å². The first-order valence-corrected chi connectivity index (χ1v) is 7.58. The van der Waals surface area contributed by atoms with Crippen molar-refractivity contribution in [2.45, 2.75) is 31.9 Å². The molecule has 0 saturated carbocycles. The lowest BCUT2D eigenvalue weighted by Gasteiger charge is -2.31. The minimum absolute atomic E-state index is 0.158. The third-order valence-electron chi connectivity index (χ3n) is 3.32. The molecule has 4 nitrogen and oxygen atoms in total. The number of nitrogens with zero attached hydrogens (tertiary/aromatic N) is 1. The number of likely N-dealkylation sites (tertiary alicyclic amines) is 1. The number of sulfone groups is 1. The van der Waals surface area contributed by atoms with Crippen LogP contribution in [-0.4, -0.2) is 51.0 Å². The standard InChI is InChI=1S/C11H24N2O2S/c1-11(2,8-12)9-16(14,15)10-4-6-13(3)7-5-10/h10H,4-9,12H2,1-3H3. The summed E-state index contributed by atoms with van der Waals surface area (Å²) in [6.07, 6.45) is 1.53. The predicted molar refractivity (Wildman–Crippen MR) is 67.1 cm³/mol. The van der Waals surface area contributed by atoms with Crippen molar-refractivity contribution in [3.8, 4) is 0 Å². The summed E-state index contributed by atoms with van der Waals surface area (Å²) >= 11 is 0. The first-order chi connectivity index (χ1) is 7.27. The summed E-state index contributed by atoms with van der Waals surface area (Å²) in [6.45, 7) is 6.01. The van der Waals surface area contributed by atoms with Crippen molar-refractivity contribution in [2.24, 2.45) is 11.1 Å². The zero-order chi connectivity index (χ0) is 12.4. The quantitative estimate of drug-likeness (QED) is 0.786. The summed E-state index contributed by atoms with van der Waals surface area (Å²) in [5.41, 5.74) is 5.29. The molecule has 1 rings (SSSR count). The molecule has 0 aromatic rings. The summed E-state index contributed by atoms with van der Waals surface area (Å²) in [6, 6.07) is 0. The second-order valence-electron chi connectivity index (χ2n) is 5.68. The van der Waals surface area contributed by atoms with Gasteiger partial charge in [-0.15, -0.1) is 0 Å². The van der Waals surface area contributed by atoms with Crippen LogP contribution in [0.4, 0.5) is 0 Å². The maximum Gasteiger partial charge on any atom is 0.153 e. The Labute approximate surface area is 99.1 Å². The summed E-state index contributed by atoms with van der Waals surface area (Å²) in [7, 11) is -0.949. The van der Waals surface area contributed by atoms with Crippen molar-refractivity contribution in [3.05, 3.63) is 0 Å². The maximum absolute atomic E-state index is 12.2. The van der Waals surface area contributed by atoms with E-state index in [1.54, 1.807) is 0 Å². The molecule has 5 heteroatoms. The molecule has 1 aliphatic heterocycles. The summed E-state index contributed by atoms with van der Waals surface area (Å²) in [4.78, 5) is 2.18. The van der Waals surface area contributed by atoms with Crippen molar-refractivity contribution in [3.63, 3.8) is 0 Å². The van der Waals surface area contributed by atoms with Crippen LogP contribution in [0.3, 0.4) is 0 Å². The van der Waals surface area contributed by atoms with Crippen LogP contribution in [-0.2, 0) is 9.84 Å². The smallest absolute Gasteiger partial charge is 0.153 e. The molecule has 0 aromatic heterocycles. The van der Waals surface area contributed by atoms with Crippen molar-refractivity contribution >= 4 is 9.84 Å². The van der Waals surface area contributed by atoms with Gasteiger partial charge in [0.1, 0.15) is 0 Å². The molecule has 1 saturated heterocycles. The van der Waals surface area contributed by atoms with E-state index >= 15 is 0 Å². The van der Waals surface area contributed by atoms with Gasteiger partial charge >= 0.3 is 0 Å². The van der Waals surface area contributed by atoms with Gasteiger partial charge < -0.3 is 10.6 Å². The van der Waals surface area contributed by atoms with Gasteiger partial charge in [-0.05, 0) is 44.9 Å². The van der Waals surface area contributed by atoms with E-state index in [1.807, 2.05) is 20.9 Å². The Morgan fingerprint density at radius 2 is 1.81 bits per heavy atom. The van der Waals surface area contributed by atoms with Crippen LogP contribution in [0.25, 0.3) is 0 Å². The molecule has 1 aliphatic rings. The highest BCUT2D eigenvalue weighted by molar-refractivity contribution is 7.92. The number of piperidine rings is 1. The molecule has 0 radical (unpaired) electrons. The highest BCUT2D eigenvalue weighted by atomic mass is 32.2. The molecule has 0 aromatic carbocycles. The van der Waals surface area contributed by atoms with Crippen molar-refractivity contribution in [1.29, 1.82) is 0 Å².